The van der Waals surface area contributed by atoms with Crippen LogP contribution in [0.3, 0.4) is 0 Å². The van der Waals surface area contributed by atoms with Crippen LogP contribution < -0.4 is 0 Å². The third kappa shape index (κ3) is 7.78. The average molecular weight is 487 g/mol. The highest BCUT2D eigenvalue weighted by atomic mass is 32.2. The fourth-order valence-electron chi connectivity index (χ4n) is 4.46. The molecule has 2 aromatic rings. The largest absolute Gasteiger partial charge is 0.297 e. The van der Waals surface area contributed by atoms with Crippen LogP contribution in [0.2, 0.25) is 0 Å². The molecule has 0 aliphatic carbocycles. The Morgan fingerprint density at radius 3 is 1.68 bits per heavy atom. The number of nitrogens with zero attached hydrogens (tertiary/aromatic N) is 4. The maximum absolute atomic E-state index is 10.6. The molecule has 2 aliphatic heterocycles. The van der Waals surface area contributed by atoms with E-state index in [0.717, 1.165) is 37.3 Å². The SMILES string of the molecule is CC1CCCC(C)N1Cc1ccc([N+](=O)[O-])cc1.O=[N+]([O-])c1ccc(CN2CCSCC2)cc1. The van der Waals surface area contributed by atoms with Gasteiger partial charge in [0.1, 0.15) is 0 Å². The van der Waals surface area contributed by atoms with Crippen molar-refractivity contribution >= 4 is 23.1 Å². The van der Waals surface area contributed by atoms with Crippen molar-refractivity contribution in [3.05, 3.63) is 79.9 Å². The summed E-state index contributed by atoms with van der Waals surface area (Å²) in [6, 6.07) is 15.0. The van der Waals surface area contributed by atoms with Gasteiger partial charge in [0.15, 0.2) is 0 Å². The number of hydrogen-bond donors (Lipinski definition) is 0. The van der Waals surface area contributed by atoms with Gasteiger partial charge < -0.3 is 0 Å². The fourth-order valence-corrected chi connectivity index (χ4v) is 5.44. The van der Waals surface area contributed by atoms with Crippen molar-refractivity contribution in [2.75, 3.05) is 24.6 Å². The van der Waals surface area contributed by atoms with E-state index in [4.69, 9.17) is 0 Å². The molecule has 0 spiro atoms. The predicted molar refractivity (Wildman–Crippen MR) is 137 cm³/mol. The molecule has 0 amide bonds. The number of rotatable bonds is 6. The molecule has 2 heterocycles. The molecule has 0 N–H and O–H groups in total. The van der Waals surface area contributed by atoms with Gasteiger partial charge in [0.2, 0.25) is 0 Å². The first kappa shape index (κ1) is 26.1. The summed E-state index contributed by atoms with van der Waals surface area (Å²) in [5.74, 6) is 2.37. The maximum atomic E-state index is 10.6. The normalized spacial score (nSPS) is 21.4. The van der Waals surface area contributed by atoms with E-state index in [1.807, 2.05) is 36.0 Å². The van der Waals surface area contributed by atoms with Crippen LogP contribution in [-0.2, 0) is 13.1 Å². The van der Waals surface area contributed by atoms with Gasteiger partial charge in [-0.15, -0.1) is 0 Å². The summed E-state index contributed by atoms with van der Waals surface area (Å²) >= 11 is 1.98. The highest BCUT2D eigenvalue weighted by molar-refractivity contribution is 7.99. The Hall–Kier alpha value is -2.49. The van der Waals surface area contributed by atoms with Crippen LogP contribution in [0.25, 0.3) is 0 Å². The van der Waals surface area contributed by atoms with Gasteiger partial charge >= 0.3 is 0 Å². The van der Waals surface area contributed by atoms with Crippen LogP contribution in [-0.4, -0.2) is 56.3 Å². The zero-order valence-corrected chi connectivity index (χ0v) is 20.8. The Morgan fingerprint density at radius 2 is 1.24 bits per heavy atom. The van der Waals surface area contributed by atoms with Gasteiger partial charge in [0.25, 0.3) is 11.4 Å². The lowest BCUT2D eigenvalue weighted by molar-refractivity contribution is -0.385. The molecule has 0 radical (unpaired) electrons. The van der Waals surface area contributed by atoms with Gasteiger partial charge in [-0.1, -0.05) is 30.7 Å². The molecule has 2 unspecified atom stereocenters. The van der Waals surface area contributed by atoms with Gasteiger partial charge in [-0.3, -0.25) is 30.0 Å². The predicted octanol–water partition coefficient (Wildman–Crippen LogP) is 5.50. The van der Waals surface area contributed by atoms with E-state index in [0.29, 0.717) is 12.1 Å². The van der Waals surface area contributed by atoms with Crippen LogP contribution in [0.15, 0.2) is 48.5 Å². The van der Waals surface area contributed by atoms with E-state index in [2.05, 4.69) is 23.6 Å². The van der Waals surface area contributed by atoms with Crippen molar-refractivity contribution in [3.8, 4) is 0 Å². The summed E-state index contributed by atoms with van der Waals surface area (Å²) < 4.78 is 0. The van der Waals surface area contributed by atoms with Crippen LogP contribution in [0.4, 0.5) is 11.4 Å². The van der Waals surface area contributed by atoms with Crippen molar-refractivity contribution in [1.82, 2.24) is 9.80 Å². The second-order valence-corrected chi connectivity index (χ2v) is 10.3. The average Bonchev–Trinajstić information content (AvgIpc) is 2.83. The minimum Gasteiger partial charge on any atom is -0.297 e. The Balaban J connectivity index is 0.000000192. The fraction of sp³-hybridized carbons (Fsp3) is 0.520. The first-order valence-electron chi connectivity index (χ1n) is 11.9. The molecule has 0 bridgehead atoms. The van der Waals surface area contributed by atoms with E-state index in [1.165, 1.54) is 30.8 Å². The third-order valence-electron chi connectivity index (χ3n) is 6.55. The number of likely N-dealkylation sites (tertiary alicyclic amines) is 1. The molecule has 2 fully saturated rings. The zero-order chi connectivity index (χ0) is 24.5. The molecular formula is C25H34N4O4S. The minimum atomic E-state index is -0.360. The molecule has 8 nitrogen and oxygen atoms in total. The Labute approximate surface area is 205 Å². The van der Waals surface area contributed by atoms with E-state index in [-0.39, 0.29) is 21.2 Å². The van der Waals surface area contributed by atoms with E-state index < -0.39 is 0 Å². The van der Waals surface area contributed by atoms with Gasteiger partial charge in [0.05, 0.1) is 9.85 Å². The maximum Gasteiger partial charge on any atom is 0.269 e. The highest BCUT2D eigenvalue weighted by Gasteiger charge is 2.24. The summed E-state index contributed by atoms with van der Waals surface area (Å²) in [7, 11) is 0. The van der Waals surface area contributed by atoms with Crippen molar-refractivity contribution < 1.29 is 9.85 Å². The number of nitro groups is 2. The molecule has 0 saturated carbocycles. The van der Waals surface area contributed by atoms with Crippen LogP contribution in [0.5, 0.6) is 0 Å². The van der Waals surface area contributed by atoms with Crippen molar-refractivity contribution in [1.29, 1.82) is 0 Å². The lowest BCUT2D eigenvalue weighted by Crippen LogP contribution is -2.42. The number of hydrogen-bond acceptors (Lipinski definition) is 7. The first-order valence-corrected chi connectivity index (χ1v) is 13.0. The lowest BCUT2D eigenvalue weighted by atomic mass is 9.97. The van der Waals surface area contributed by atoms with Crippen LogP contribution in [0, 0.1) is 20.2 Å². The molecule has 2 saturated heterocycles. The van der Waals surface area contributed by atoms with Crippen LogP contribution >= 0.6 is 11.8 Å². The zero-order valence-electron chi connectivity index (χ0n) is 20.0. The topological polar surface area (TPSA) is 92.8 Å². The smallest absolute Gasteiger partial charge is 0.269 e. The Bertz CT molecular complexity index is 923. The summed E-state index contributed by atoms with van der Waals surface area (Å²) in [5, 5.41) is 21.1. The Kier molecular flexibility index (Phi) is 9.86. The molecule has 2 aliphatic rings. The van der Waals surface area contributed by atoms with E-state index in [9.17, 15) is 20.2 Å². The van der Waals surface area contributed by atoms with E-state index >= 15 is 0 Å². The van der Waals surface area contributed by atoms with Gasteiger partial charge in [-0.2, -0.15) is 11.8 Å². The second kappa shape index (κ2) is 12.8. The molecule has 184 valence electrons. The number of benzene rings is 2. The molecule has 0 aromatic heterocycles. The first-order chi connectivity index (χ1) is 16.3. The van der Waals surface area contributed by atoms with Crippen molar-refractivity contribution in [3.63, 3.8) is 0 Å². The Morgan fingerprint density at radius 1 is 0.794 bits per heavy atom. The molecular weight excluding hydrogens is 452 g/mol. The summed E-state index contributed by atoms with van der Waals surface area (Å²) in [6.45, 7) is 8.55. The number of non-ortho nitro benzene ring substituents is 2. The summed E-state index contributed by atoms with van der Waals surface area (Å²) in [4.78, 5) is 25.3. The molecule has 2 aromatic carbocycles. The number of nitro benzene ring substituents is 2. The van der Waals surface area contributed by atoms with Crippen molar-refractivity contribution in [2.45, 2.75) is 58.3 Å². The minimum absolute atomic E-state index is 0.165. The van der Waals surface area contributed by atoms with Gasteiger partial charge in [0, 0.05) is 74.0 Å². The number of piperidine rings is 1. The molecule has 34 heavy (non-hydrogen) atoms. The van der Waals surface area contributed by atoms with Crippen LogP contribution in [0.1, 0.15) is 44.2 Å². The number of thioether (sulfide) groups is 1. The van der Waals surface area contributed by atoms with E-state index in [1.54, 1.807) is 24.3 Å². The third-order valence-corrected chi connectivity index (χ3v) is 7.49. The molecule has 2 atom stereocenters. The monoisotopic (exact) mass is 486 g/mol. The lowest BCUT2D eigenvalue weighted by Gasteiger charge is -2.39. The van der Waals surface area contributed by atoms with Crippen molar-refractivity contribution in [2.24, 2.45) is 0 Å². The summed E-state index contributed by atoms with van der Waals surface area (Å²) in [5.41, 5.74) is 2.63. The van der Waals surface area contributed by atoms with Gasteiger partial charge in [-0.25, -0.2) is 0 Å². The molecule has 9 heteroatoms. The quantitative estimate of drug-likeness (QED) is 0.393. The molecule has 4 rings (SSSR count). The second-order valence-electron chi connectivity index (χ2n) is 9.04. The van der Waals surface area contributed by atoms with Gasteiger partial charge in [-0.05, 0) is 37.8 Å². The highest BCUT2D eigenvalue weighted by Crippen LogP contribution is 2.25. The summed E-state index contributed by atoms with van der Waals surface area (Å²) in [6.07, 6.45) is 3.80. The standard InChI is InChI=1S/C14H20N2O2.C11H14N2O2S/c1-11-4-3-5-12(2)15(11)10-13-6-8-14(9-7-13)16(17)18;14-13(15)11-3-1-10(2-4-11)9-12-5-7-16-8-6-12/h6-9,11-12H,3-5,10H2,1-2H3;1-4H,5-9H2.